The molecule has 0 aliphatic heterocycles. The maximum atomic E-state index is 11.2. The molecule has 1 N–H and O–H groups in total. The second kappa shape index (κ2) is 22.5. The molecule has 0 atom stereocenters. The molecule has 0 bridgehead atoms. The summed E-state index contributed by atoms with van der Waals surface area (Å²) in [4.78, 5) is 11.2. The molecule has 0 aliphatic rings. The zero-order valence-electron chi connectivity index (χ0n) is 17.5. The number of hydrogen-bond donors (Lipinski definition) is 1. The average molecular weight is 390 g/mol. The zero-order valence-corrected chi connectivity index (χ0v) is 18.3. The molecule has 0 saturated carbocycles. The summed E-state index contributed by atoms with van der Waals surface area (Å²) in [7, 11) is 0. The second-order valence-corrected chi connectivity index (χ2v) is 7.26. The van der Waals surface area contributed by atoms with Gasteiger partial charge in [-0.3, -0.25) is 0 Å². The smallest absolute Gasteiger partial charge is 0.333 e. The van der Waals surface area contributed by atoms with Gasteiger partial charge in [0.2, 0.25) is 0 Å². The maximum absolute atomic E-state index is 11.2. The van der Waals surface area contributed by atoms with E-state index in [4.69, 9.17) is 4.74 Å². The first-order valence-electron chi connectivity index (χ1n) is 10.7. The molecule has 156 valence electrons. The van der Waals surface area contributed by atoms with Crippen molar-refractivity contribution >= 4 is 18.4 Å². The van der Waals surface area contributed by atoms with Crippen LogP contribution >= 0.6 is 12.4 Å². The standard InChI is InChI=1S/C22H43NO2.ClH/c1-4-5-6-7-8-9-10-11-12-13-14-15-16-17-18-23-19-20-25-22(24)21(2)3;/h23H,2,4-20H2,1,3H3;1H. The molecule has 0 radical (unpaired) electrons. The van der Waals surface area contributed by atoms with Crippen LogP contribution in [0.2, 0.25) is 0 Å². The minimum atomic E-state index is -0.293. The van der Waals surface area contributed by atoms with Gasteiger partial charge in [0, 0.05) is 12.1 Å². The largest absolute Gasteiger partial charge is 0.461 e. The van der Waals surface area contributed by atoms with E-state index in [1.165, 1.54) is 89.9 Å². The lowest BCUT2D eigenvalue weighted by Gasteiger charge is -2.06. The zero-order chi connectivity index (χ0) is 18.6. The molecule has 0 heterocycles. The van der Waals surface area contributed by atoms with E-state index in [9.17, 15) is 4.79 Å². The van der Waals surface area contributed by atoms with E-state index in [1.807, 2.05) is 0 Å². The maximum Gasteiger partial charge on any atom is 0.333 e. The number of carbonyl (C=O) groups is 1. The van der Waals surface area contributed by atoms with Crippen LogP contribution in [0, 0.1) is 0 Å². The Bertz CT molecular complexity index is 321. The summed E-state index contributed by atoms with van der Waals surface area (Å²) in [5.41, 5.74) is 0.465. The Labute approximate surface area is 169 Å². The Morgan fingerprint density at radius 1 is 0.769 bits per heavy atom. The molecular formula is C22H44ClNO2. The molecule has 4 heteroatoms. The van der Waals surface area contributed by atoms with Gasteiger partial charge in [0.05, 0.1) is 0 Å². The minimum Gasteiger partial charge on any atom is -0.461 e. The average Bonchev–Trinajstić information content (AvgIpc) is 2.60. The lowest BCUT2D eigenvalue weighted by atomic mass is 10.0. The summed E-state index contributed by atoms with van der Waals surface area (Å²) >= 11 is 0. The number of rotatable bonds is 19. The van der Waals surface area contributed by atoms with Crippen molar-refractivity contribution in [3.8, 4) is 0 Å². The Morgan fingerprint density at radius 3 is 1.62 bits per heavy atom. The highest BCUT2D eigenvalue weighted by molar-refractivity contribution is 5.86. The quantitative estimate of drug-likeness (QED) is 0.154. The van der Waals surface area contributed by atoms with Crippen LogP contribution in [0.1, 0.15) is 104 Å². The van der Waals surface area contributed by atoms with Crippen LogP contribution in [-0.4, -0.2) is 25.7 Å². The van der Waals surface area contributed by atoms with Crippen LogP contribution in [0.4, 0.5) is 0 Å². The van der Waals surface area contributed by atoms with Gasteiger partial charge in [0.1, 0.15) is 6.61 Å². The summed E-state index contributed by atoms with van der Waals surface area (Å²) in [6.07, 6.45) is 19.5. The van der Waals surface area contributed by atoms with Gasteiger partial charge in [0.15, 0.2) is 0 Å². The highest BCUT2D eigenvalue weighted by Crippen LogP contribution is 2.12. The van der Waals surface area contributed by atoms with Gasteiger partial charge in [-0.2, -0.15) is 0 Å². The lowest BCUT2D eigenvalue weighted by molar-refractivity contribution is -0.138. The molecular weight excluding hydrogens is 346 g/mol. The van der Waals surface area contributed by atoms with Crippen LogP contribution in [0.25, 0.3) is 0 Å². The van der Waals surface area contributed by atoms with Crippen molar-refractivity contribution in [2.45, 2.75) is 104 Å². The molecule has 0 aromatic rings. The van der Waals surface area contributed by atoms with Crippen LogP contribution in [0.15, 0.2) is 12.2 Å². The van der Waals surface area contributed by atoms with Gasteiger partial charge in [-0.25, -0.2) is 4.79 Å². The van der Waals surface area contributed by atoms with Gasteiger partial charge in [-0.05, 0) is 19.9 Å². The molecule has 0 spiro atoms. The molecule has 3 nitrogen and oxygen atoms in total. The first-order valence-corrected chi connectivity index (χ1v) is 10.7. The SMILES string of the molecule is C=C(C)C(=O)OCCNCCCCCCCCCCCCCCCC.Cl. The molecule has 0 rings (SSSR count). The van der Waals surface area contributed by atoms with Gasteiger partial charge < -0.3 is 10.1 Å². The highest BCUT2D eigenvalue weighted by Gasteiger charge is 2.01. The normalized spacial score (nSPS) is 10.4. The van der Waals surface area contributed by atoms with E-state index >= 15 is 0 Å². The number of carbonyl (C=O) groups excluding carboxylic acids is 1. The molecule has 0 saturated heterocycles. The molecule has 0 unspecified atom stereocenters. The van der Waals surface area contributed by atoms with E-state index in [0.717, 1.165) is 13.1 Å². The number of ether oxygens (including phenoxy) is 1. The Balaban J connectivity index is 0. The molecule has 0 aromatic heterocycles. The Hall–Kier alpha value is -0.540. The van der Waals surface area contributed by atoms with Crippen LogP contribution < -0.4 is 5.32 Å². The van der Waals surface area contributed by atoms with Gasteiger partial charge >= 0.3 is 5.97 Å². The minimum absolute atomic E-state index is 0. The molecule has 0 aliphatic carbocycles. The van der Waals surface area contributed by atoms with Crippen LogP contribution in [-0.2, 0) is 9.53 Å². The predicted octanol–water partition coefficient (Wildman–Crippen LogP) is 6.60. The molecule has 0 fully saturated rings. The number of halogens is 1. The summed E-state index contributed by atoms with van der Waals surface area (Å²) in [6.45, 7) is 9.69. The Kier molecular flexibility index (Phi) is 24.0. The third-order valence-corrected chi connectivity index (χ3v) is 4.57. The first-order chi connectivity index (χ1) is 12.2. The predicted molar refractivity (Wildman–Crippen MR) is 116 cm³/mol. The number of hydrogen-bond acceptors (Lipinski definition) is 3. The van der Waals surface area contributed by atoms with Crippen molar-refractivity contribution in [2.75, 3.05) is 19.7 Å². The Morgan fingerprint density at radius 2 is 1.19 bits per heavy atom. The summed E-state index contributed by atoms with van der Waals surface area (Å²) < 4.78 is 5.03. The van der Waals surface area contributed by atoms with Crippen molar-refractivity contribution in [2.24, 2.45) is 0 Å². The molecule has 0 amide bonds. The fraction of sp³-hybridized carbons (Fsp3) is 0.864. The van der Waals surface area contributed by atoms with Crippen molar-refractivity contribution in [1.29, 1.82) is 0 Å². The van der Waals surface area contributed by atoms with Crippen molar-refractivity contribution in [3.63, 3.8) is 0 Å². The van der Waals surface area contributed by atoms with Crippen LogP contribution in [0.3, 0.4) is 0 Å². The monoisotopic (exact) mass is 389 g/mol. The summed E-state index contributed by atoms with van der Waals surface area (Å²) in [6, 6.07) is 0. The highest BCUT2D eigenvalue weighted by atomic mass is 35.5. The van der Waals surface area contributed by atoms with E-state index in [-0.39, 0.29) is 18.4 Å². The van der Waals surface area contributed by atoms with Gasteiger partial charge in [-0.1, -0.05) is 97.0 Å². The number of nitrogens with one attached hydrogen (secondary N) is 1. The van der Waals surface area contributed by atoms with E-state index in [1.54, 1.807) is 6.92 Å². The summed E-state index contributed by atoms with van der Waals surface area (Å²) in [5, 5.41) is 3.32. The lowest BCUT2D eigenvalue weighted by Crippen LogP contribution is -2.22. The number of esters is 1. The van der Waals surface area contributed by atoms with Gasteiger partial charge in [-0.15, -0.1) is 12.4 Å². The molecule has 26 heavy (non-hydrogen) atoms. The second-order valence-electron chi connectivity index (χ2n) is 7.26. The fourth-order valence-electron chi connectivity index (χ4n) is 2.91. The molecule has 0 aromatic carbocycles. The van der Waals surface area contributed by atoms with Crippen LogP contribution in [0.5, 0.6) is 0 Å². The third kappa shape index (κ3) is 21.5. The first kappa shape index (κ1) is 27.7. The van der Waals surface area contributed by atoms with E-state index < -0.39 is 0 Å². The van der Waals surface area contributed by atoms with Crippen molar-refractivity contribution < 1.29 is 9.53 Å². The van der Waals surface area contributed by atoms with E-state index in [0.29, 0.717) is 12.2 Å². The third-order valence-electron chi connectivity index (χ3n) is 4.57. The van der Waals surface area contributed by atoms with Crippen molar-refractivity contribution in [3.05, 3.63) is 12.2 Å². The summed E-state index contributed by atoms with van der Waals surface area (Å²) in [5.74, 6) is -0.293. The van der Waals surface area contributed by atoms with Crippen molar-refractivity contribution in [1.82, 2.24) is 5.32 Å². The topological polar surface area (TPSA) is 38.3 Å². The fourth-order valence-corrected chi connectivity index (χ4v) is 2.91. The number of unbranched alkanes of at least 4 members (excludes halogenated alkanes) is 13. The van der Waals surface area contributed by atoms with Gasteiger partial charge in [0.25, 0.3) is 0 Å². The van der Waals surface area contributed by atoms with E-state index in [2.05, 4.69) is 18.8 Å².